The van der Waals surface area contributed by atoms with Crippen molar-refractivity contribution in [3.05, 3.63) is 57.9 Å². The quantitative estimate of drug-likeness (QED) is 0.510. The summed E-state index contributed by atoms with van der Waals surface area (Å²) in [5.74, 6) is 4.62. The number of benzene rings is 2. The predicted molar refractivity (Wildman–Crippen MR) is 113 cm³/mol. The molecule has 0 aromatic heterocycles. The van der Waals surface area contributed by atoms with Crippen LogP contribution in [0.3, 0.4) is 0 Å². The smallest absolute Gasteiger partial charge is 0.344 e. The van der Waals surface area contributed by atoms with Crippen LogP contribution in [0.1, 0.15) is 37.5 Å². The van der Waals surface area contributed by atoms with Crippen molar-refractivity contribution in [2.24, 2.45) is 0 Å². The Morgan fingerprint density at radius 1 is 1.13 bits per heavy atom. The minimum Gasteiger partial charge on any atom is -0.481 e. The average Bonchev–Trinajstić information content (AvgIpc) is 2.57. The van der Waals surface area contributed by atoms with Gasteiger partial charge in [-0.05, 0) is 63.6 Å². The molecule has 0 radical (unpaired) electrons. The van der Waals surface area contributed by atoms with Gasteiger partial charge in [0.05, 0.1) is 5.56 Å². The summed E-state index contributed by atoms with van der Waals surface area (Å²) in [6, 6.07) is 7.02. The molecule has 0 fully saturated rings. The SMILES string of the molecule is Cc1cc(F)c(S(C)(=O)=O)cc1C#Cc1cc(Cl)ccc1OCC(=O)OC(C)(C)C. The summed E-state index contributed by atoms with van der Waals surface area (Å²) in [6.45, 7) is 6.55. The van der Waals surface area contributed by atoms with Crippen molar-refractivity contribution in [2.75, 3.05) is 12.9 Å². The highest BCUT2D eigenvalue weighted by atomic mass is 35.5. The van der Waals surface area contributed by atoms with Crippen LogP contribution in [-0.4, -0.2) is 32.9 Å². The lowest BCUT2D eigenvalue weighted by atomic mass is 10.1. The van der Waals surface area contributed by atoms with E-state index in [2.05, 4.69) is 11.8 Å². The highest BCUT2D eigenvalue weighted by Crippen LogP contribution is 2.24. The summed E-state index contributed by atoms with van der Waals surface area (Å²) in [4.78, 5) is 11.5. The second kappa shape index (κ2) is 9.07. The summed E-state index contributed by atoms with van der Waals surface area (Å²) < 4.78 is 48.3. The number of aryl methyl sites for hydroxylation is 1. The summed E-state index contributed by atoms with van der Waals surface area (Å²) in [5, 5.41) is 0.400. The summed E-state index contributed by atoms with van der Waals surface area (Å²) in [6.07, 6.45) is 0.928. The van der Waals surface area contributed by atoms with Gasteiger partial charge in [0.15, 0.2) is 16.4 Å². The number of rotatable bonds is 4. The molecule has 160 valence electrons. The highest BCUT2D eigenvalue weighted by molar-refractivity contribution is 7.90. The van der Waals surface area contributed by atoms with Gasteiger partial charge in [-0.25, -0.2) is 17.6 Å². The fourth-order valence-electron chi connectivity index (χ4n) is 2.44. The molecule has 0 aliphatic carbocycles. The number of ether oxygens (including phenoxy) is 2. The monoisotopic (exact) mass is 452 g/mol. The normalized spacial score (nSPS) is 11.4. The van der Waals surface area contributed by atoms with E-state index in [4.69, 9.17) is 21.1 Å². The maximum atomic E-state index is 14.0. The van der Waals surface area contributed by atoms with E-state index in [1.54, 1.807) is 45.9 Å². The van der Waals surface area contributed by atoms with E-state index in [0.29, 0.717) is 27.5 Å². The number of hydrogen-bond acceptors (Lipinski definition) is 5. The van der Waals surface area contributed by atoms with Crippen molar-refractivity contribution in [2.45, 2.75) is 38.2 Å². The first-order chi connectivity index (χ1) is 13.8. The van der Waals surface area contributed by atoms with Crippen LogP contribution < -0.4 is 4.74 Å². The van der Waals surface area contributed by atoms with Crippen LogP contribution in [0.5, 0.6) is 5.75 Å². The summed E-state index contributed by atoms with van der Waals surface area (Å²) >= 11 is 6.04. The molecular formula is C22H22ClFO5S. The van der Waals surface area contributed by atoms with Crippen molar-refractivity contribution in [1.82, 2.24) is 0 Å². The zero-order valence-electron chi connectivity index (χ0n) is 17.3. The second-order valence-corrected chi connectivity index (χ2v) is 10.1. The molecule has 8 heteroatoms. The number of hydrogen-bond donors (Lipinski definition) is 0. The van der Waals surface area contributed by atoms with Crippen molar-refractivity contribution in [1.29, 1.82) is 0 Å². The van der Waals surface area contributed by atoms with Gasteiger partial charge in [0.1, 0.15) is 22.1 Å². The van der Waals surface area contributed by atoms with Crippen molar-refractivity contribution < 1.29 is 27.1 Å². The lowest BCUT2D eigenvalue weighted by Gasteiger charge is -2.19. The third kappa shape index (κ3) is 6.75. The van der Waals surface area contributed by atoms with Crippen LogP contribution in [0.25, 0.3) is 0 Å². The first-order valence-electron chi connectivity index (χ1n) is 8.93. The maximum absolute atomic E-state index is 14.0. The van der Waals surface area contributed by atoms with E-state index in [0.717, 1.165) is 12.3 Å². The number of carbonyl (C=O) groups is 1. The van der Waals surface area contributed by atoms with Gasteiger partial charge < -0.3 is 9.47 Å². The van der Waals surface area contributed by atoms with Gasteiger partial charge in [0.25, 0.3) is 0 Å². The number of carbonyl (C=O) groups excluding carboxylic acids is 1. The van der Waals surface area contributed by atoms with Crippen molar-refractivity contribution >= 4 is 27.4 Å². The first kappa shape index (κ1) is 23.7. The summed E-state index contributed by atoms with van der Waals surface area (Å²) in [5.41, 5.74) is 0.566. The van der Waals surface area contributed by atoms with Gasteiger partial charge in [-0.15, -0.1) is 0 Å². The Labute approximate surface area is 181 Å². The van der Waals surface area contributed by atoms with Crippen molar-refractivity contribution in [3.8, 4) is 17.6 Å². The Balaban J connectivity index is 2.36. The second-order valence-electron chi connectivity index (χ2n) is 7.64. The molecule has 2 aromatic rings. The number of sulfone groups is 1. The lowest BCUT2D eigenvalue weighted by Crippen LogP contribution is -2.27. The zero-order chi connectivity index (χ0) is 22.7. The molecule has 0 saturated heterocycles. The predicted octanol–water partition coefficient (Wildman–Crippen LogP) is 4.31. The Morgan fingerprint density at radius 3 is 2.37 bits per heavy atom. The Kier molecular flexibility index (Phi) is 7.17. The fraction of sp³-hybridized carbons (Fsp3) is 0.318. The largest absolute Gasteiger partial charge is 0.481 e. The first-order valence-corrected chi connectivity index (χ1v) is 11.2. The van der Waals surface area contributed by atoms with E-state index in [1.807, 2.05) is 0 Å². The Bertz CT molecular complexity index is 1140. The molecule has 0 spiro atoms. The van der Waals surface area contributed by atoms with E-state index in [-0.39, 0.29) is 6.61 Å². The average molecular weight is 453 g/mol. The van der Waals surface area contributed by atoms with Crippen LogP contribution in [0, 0.1) is 24.6 Å². The maximum Gasteiger partial charge on any atom is 0.344 e. The number of halogens is 2. The van der Waals surface area contributed by atoms with Gasteiger partial charge in [0.2, 0.25) is 0 Å². The van der Waals surface area contributed by atoms with Crippen LogP contribution in [0.2, 0.25) is 5.02 Å². The third-order valence-corrected chi connectivity index (χ3v) is 5.06. The van der Waals surface area contributed by atoms with Crippen LogP contribution in [0.15, 0.2) is 35.2 Å². The molecule has 0 saturated carbocycles. The minimum atomic E-state index is -3.74. The lowest BCUT2D eigenvalue weighted by molar-refractivity contribution is -0.157. The molecule has 0 heterocycles. The van der Waals surface area contributed by atoms with Gasteiger partial charge in [-0.1, -0.05) is 23.4 Å². The van der Waals surface area contributed by atoms with E-state index < -0.39 is 32.1 Å². The molecule has 30 heavy (non-hydrogen) atoms. The molecule has 0 N–H and O–H groups in total. The van der Waals surface area contributed by atoms with Gasteiger partial charge in [0, 0.05) is 16.8 Å². The van der Waals surface area contributed by atoms with Gasteiger partial charge in [-0.2, -0.15) is 0 Å². The molecule has 2 rings (SSSR count). The van der Waals surface area contributed by atoms with Crippen LogP contribution in [-0.2, 0) is 19.4 Å². The molecule has 0 atom stereocenters. The highest BCUT2D eigenvalue weighted by Gasteiger charge is 2.18. The zero-order valence-corrected chi connectivity index (χ0v) is 18.9. The molecule has 0 aliphatic heterocycles. The Morgan fingerprint density at radius 2 is 1.77 bits per heavy atom. The summed E-state index contributed by atoms with van der Waals surface area (Å²) in [7, 11) is -3.74. The third-order valence-electron chi connectivity index (χ3n) is 3.72. The van der Waals surface area contributed by atoms with Crippen LogP contribution >= 0.6 is 11.6 Å². The molecule has 0 aliphatic rings. The van der Waals surface area contributed by atoms with E-state index in [9.17, 15) is 17.6 Å². The number of esters is 1. The Hall–Kier alpha value is -2.56. The molecule has 2 aromatic carbocycles. The van der Waals surface area contributed by atoms with Crippen LogP contribution in [0.4, 0.5) is 4.39 Å². The van der Waals surface area contributed by atoms with E-state index >= 15 is 0 Å². The van der Waals surface area contributed by atoms with E-state index in [1.165, 1.54) is 6.07 Å². The topological polar surface area (TPSA) is 69.7 Å². The fourth-order valence-corrected chi connectivity index (χ4v) is 3.36. The molecular weight excluding hydrogens is 431 g/mol. The van der Waals surface area contributed by atoms with Gasteiger partial charge >= 0.3 is 5.97 Å². The van der Waals surface area contributed by atoms with Crippen molar-refractivity contribution in [3.63, 3.8) is 0 Å². The minimum absolute atomic E-state index is 0.306. The molecule has 0 bridgehead atoms. The molecule has 5 nitrogen and oxygen atoms in total. The molecule has 0 unspecified atom stereocenters. The standard InChI is InChI=1S/C22H22ClFO5S/c1-14-10-18(24)20(30(5,26)27)12-15(14)6-7-16-11-17(23)8-9-19(16)28-13-21(25)29-22(2,3)4/h8-12H,13H2,1-5H3. The van der Waals surface area contributed by atoms with Gasteiger partial charge in [-0.3, -0.25) is 0 Å². The molecule has 0 amide bonds.